The Hall–Kier alpha value is -2.57. The summed E-state index contributed by atoms with van der Waals surface area (Å²) in [5, 5.41) is 4.68. The average molecular weight is 406 g/mol. The van der Waals surface area contributed by atoms with Crippen LogP contribution in [0.4, 0.5) is 0 Å². The number of carbonyl (C=O) groups excluding carboxylic acids is 1. The molecule has 0 atom stereocenters. The fraction of sp³-hybridized carbons (Fsp3) is 0.211. The SMILES string of the molecule is Cc1nc(COc2ccc(C(=O)N(C)Cc3cccc(Cl)c3Cl)cc2)no1. The molecule has 0 aliphatic heterocycles. The van der Waals surface area contributed by atoms with Gasteiger partial charge in [-0.1, -0.05) is 40.5 Å². The maximum Gasteiger partial charge on any atom is 0.253 e. The summed E-state index contributed by atoms with van der Waals surface area (Å²) in [5.41, 5.74) is 1.33. The number of hydrogen-bond donors (Lipinski definition) is 0. The molecule has 3 rings (SSSR count). The molecular weight excluding hydrogens is 389 g/mol. The van der Waals surface area contributed by atoms with Crippen LogP contribution in [0.15, 0.2) is 47.0 Å². The number of carbonyl (C=O) groups is 1. The summed E-state index contributed by atoms with van der Waals surface area (Å²) in [4.78, 5) is 18.3. The van der Waals surface area contributed by atoms with Crippen molar-refractivity contribution < 1.29 is 14.1 Å². The molecule has 27 heavy (non-hydrogen) atoms. The quantitative estimate of drug-likeness (QED) is 0.602. The smallest absolute Gasteiger partial charge is 0.253 e. The first kappa shape index (κ1) is 19.2. The first-order chi connectivity index (χ1) is 12.9. The Balaban J connectivity index is 1.61. The third-order valence-electron chi connectivity index (χ3n) is 3.82. The number of aromatic nitrogens is 2. The lowest BCUT2D eigenvalue weighted by Gasteiger charge is -2.18. The van der Waals surface area contributed by atoms with Crippen LogP contribution >= 0.6 is 23.2 Å². The Morgan fingerprint density at radius 2 is 1.93 bits per heavy atom. The molecule has 0 spiro atoms. The van der Waals surface area contributed by atoms with Crippen molar-refractivity contribution in [3.05, 3.63) is 75.4 Å². The highest BCUT2D eigenvalue weighted by atomic mass is 35.5. The van der Waals surface area contributed by atoms with Gasteiger partial charge < -0.3 is 14.2 Å². The summed E-state index contributed by atoms with van der Waals surface area (Å²) in [6, 6.07) is 12.2. The molecule has 0 saturated carbocycles. The first-order valence-electron chi connectivity index (χ1n) is 8.14. The number of benzene rings is 2. The minimum absolute atomic E-state index is 0.133. The molecule has 2 aromatic carbocycles. The standard InChI is InChI=1S/C19H17Cl2N3O3/c1-12-22-17(23-27-12)11-26-15-8-6-13(7-9-15)19(25)24(2)10-14-4-3-5-16(20)18(14)21/h3-9H,10-11H2,1-2H3. The van der Waals surface area contributed by atoms with Crippen LogP contribution in [-0.4, -0.2) is 28.0 Å². The van der Waals surface area contributed by atoms with Crippen LogP contribution in [-0.2, 0) is 13.2 Å². The normalized spacial score (nSPS) is 10.7. The molecule has 0 aliphatic carbocycles. The minimum atomic E-state index is -0.133. The fourth-order valence-electron chi connectivity index (χ4n) is 2.46. The van der Waals surface area contributed by atoms with Crippen molar-refractivity contribution in [3.8, 4) is 5.75 Å². The zero-order chi connectivity index (χ0) is 19.4. The Labute approximate surface area is 166 Å². The number of halogens is 2. The lowest BCUT2D eigenvalue weighted by molar-refractivity contribution is 0.0785. The number of rotatable bonds is 6. The van der Waals surface area contributed by atoms with Gasteiger partial charge >= 0.3 is 0 Å². The topological polar surface area (TPSA) is 68.5 Å². The van der Waals surface area contributed by atoms with Crippen LogP contribution in [0.5, 0.6) is 5.75 Å². The van der Waals surface area contributed by atoms with E-state index in [1.54, 1.807) is 55.3 Å². The number of ether oxygens (including phenoxy) is 1. The molecule has 6 nitrogen and oxygen atoms in total. The zero-order valence-electron chi connectivity index (χ0n) is 14.8. The second-order valence-electron chi connectivity index (χ2n) is 5.92. The second kappa shape index (κ2) is 8.41. The van der Waals surface area contributed by atoms with E-state index in [4.69, 9.17) is 32.5 Å². The minimum Gasteiger partial charge on any atom is -0.485 e. The van der Waals surface area contributed by atoms with Gasteiger partial charge in [-0.05, 0) is 35.9 Å². The van der Waals surface area contributed by atoms with E-state index in [9.17, 15) is 4.79 Å². The molecule has 0 radical (unpaired) electrons. The van der Waals surface area contributed by atoms with Gasteiger partial charge in [0.2, 0.25) is 11.7 Å². The van der Waals surface area contributed by atoms with Crippen molar-refractivity contribution in [1.29, 1.82) is 0 Å². The van der Waals surface area contributed by atoms with Crippen LogP contribution in [0.1, 0.15) is 27.6 Å². The summed E-state index contributed by atoms with van der Waals surface area (Å²) >= 11 is 12.2. The van der Waals surface area contributed by atoms with E-state index in [0.717, 1.165) is 5.56 Å². The predicted molar refractivity (Wildman–Crippen MR) is 102 cm³/mol. The summed E-state index contributed by atoms with van der Waals surface area (Å²) < 4.78 is 10.5. The molecule has 1 amide bonds. The van der Waals surface area contributed by atoms with Crippen LogP contribution in [0.2, 0.25) is 10.0 Å². The maximum atomic E-state index is 12.6. The van der Waals surface area contributed by atoms with Crippen molar-refractivity contribution in [2.75, 3.05) is 7.05 Å². The molecular formula is C19H17Cl2N3O3. The predicted octanol–water partition coefficient (Wildman–Crippen LogP) is 4.54. The van der Waals surface area contributed by atoms with Crippen LogP contribution < -0.4 is 4.74 Å². The van der Waals surface area contributed by atoms with Crippen molar-refractivity contribution >= 4 is 29.1 Å². The van der Waals surface area contributed by atoms with Crippen molar-refractivity contribution in [2.24, 2.45) is 0 Å². The van der Waals surface area contributed by atoms with Gasteiger partial charge in [0.15, 0.2) is 6.61 Å². The van der Waals surface area contributed by atoms with Gasteiger partial charge in [-0.2, -0.15) is 4.98 Å². The van der Waals surface area contributed by atoms with Crippen molar-refractivity contribution in [2.45, 2.75) is 20.1 Å². The molecule has 0 N–H and O–H groups in total. The fourth-order valence-corrected chi connectivity index (χ4v) is 2.84. The highest BCUT2D eigenvalue weighted by Gasteiger charge is 2.14. The molecule has 0 aliphatic rings. The van der Waals surface area contributed by atoms with Gasteiger partial charge in [0.1, 0.15) is 5.75 Å². The largest absolute Gasteiger partial charge is 0.485 e. The molecule has 0 fully saturated rings. The molecule has 140 valence electrons. The van der Waals surface area contributed by atoms with Gasteiger partial charge in [0.25, 0.3) is 5.91 Å². The lowest BCUT2D eigenvalue weighted by Crippen LogP contribution is -2.26. The Morgan fingerprint density at radius 3 is 2.59 bits per heavy atom. The van der Waals surface area contributed by atoms with E-state index in [1.807, 2.05) is 6.07 Å². The number of amides is 1. The van der Waals surface area contributed by atoms with Crippen molar-refractivity contribution in [1.82, 2.24) is 15.0 Å². The number of nitrogens with zero attached hydrogens (tertiary/aromatic N) is 3. The van der Waals surface area contributed by atoms with E-state index in [2.05, 4.69) is 10.1 Å². The first-order valence-corrected chi connectivity index (χ1v) is 8.90. The lowest BCUT2D eigenvalue weighted by atomic mass is 10.1. The zero-order valence-corrected chi connectivity index (χ0v) is 16.3. The van der Waals surface area contributed by atoms with Crippen LogP contribution in [0.3, 0.4) is 0 Å². The van der Waals surface area contributed by atoms with Gasteiger partial charge in [0, 0.05) is 26.1 Å². The summed E-state index contributed by atoms with van der Waals surface area (Å²) in [5.74, 6) is 1.42. The van der Waals surface area contributed by atoms with E-state index in [1.165, 1.54) is 0 Å². The highest BCUT2D eigenvalue weighted by Crippen LogP contribution is 2.26. The summed E-state index contributed by atoms with van der Waals surface area (Å²) in [7, 11) is 1.71. The van der Waals surface area contributed by atoms with Gasteiger partial charge in [-0.15, -0.1) is 0 Å². The third kappa shape index (κ3) is 4.78. The molecule has 0 unspecified atom stereocenters. The highest BCUT2D eigenvalue weighted by molar-refractivity contribution is 6.42. The Bertz CT molecular complexity index is 942. The van der Waals surface area contributed by atoms with E-state index in [-0.39, 0.29) is 12.5 Å². The van der Waals surface area contributed by atoms with Crippen LogP contribution in [0.25, 0.3) is 0 Å². The monoisotopic (exact) mass is 405 g/mol. The summed E-state index contributed by atoms with van der Waals surface area (Å²) in [6.07, 6.45) is 0. The number of hydrogen-bond acceptors (Lipinski definition) is 5. The van der Waals surface area contributed by atoms with E-state index < -0.39 is 0 Å². The van der Waals surface area contributed by atoms with Crippen LogP contribution in [0, 0.1) is 6.92 Å². The van der Waals surface area contributed by atoms with E-state index in [0.29, 0.717) is 39.6 Å². The third-order valence-corrected chi connectivity index (χ3v) is 4.68. The Morgan fingerprint density at radius 1 is 1.19 bits per heavy atom. The molecule has 1 aromatic heterocycles. The van der Waals surface area contributed by atoms with Crippen molar-refractivity contribution in [3.63, 3.8) is 0 Å². The summed E-state index contributed by atoms with van der Waals surface area (Å²) in [6.45, 7) is 2.26. The maximum absolute atomic E-state index is 12.6. The molecule has 0 saturated heterocycles. The van der Waals surface area contributed by atoms with E-state index >= 15 is 0 Å². The van der Waals surface area contributed by atoms with Gasteiger partial charge in [-0.25, -0.2) is 0 Å². The molecule has 1 heterocycles. The van der Waals surface area contributed by atoms with Gasteiger partial charge in [-0.3, -0.25) is 4.79 Å². The molecule has 8 heteroatoms. The second-order valence-corrected chi connectivity index (χ2v) is 6.70. The molecule has 3 aromatic rings. The number of aryl methyl sites for hydroxylation is 1. The molecule has 0 bridgehead atoms. The average Bonchev–Trinajstić information content (AvgIpc) is 3.09. The Kier molecular flexibility index (Phi) is 5.98. The van der Waals surface area contributed by atoms with Gasteiger partial charge in [0.05, 0.1) is 10.0 Å².